The van der Waals surface area contributed by atoms with E-state index in [1.807, 2.05) is 32.2 Å². The third kappa shape index (κ3) is 4.51. The van der Waals surface area contributed by atoms with Gasteiger partial charge < -0.3 is 15.0 Å². The van der Waals surface area contributed by atoms with Crippen molar-refractivity contribution in [2.75, 3.05) is 20.7 Å². The number of guanidine groups is 1. The van der Waals surface area contributed by atoms with Crippen molar-refractivity contribution in [2.45, 2.75) is 20.0 Å². The molecule has 6 nitrogen and oxygen atoms in total. The number of hydrogen-bond donors (Lipinski definition) is 2. The zero-order chi connectivity index (χ0) is 15.8. The number of nitrogens with one attached hydrogen (secondary N) is 2. The maximum atomic E-state index is 5.46. The Hall–Kier alpha value is -2.50. The number of aromatic amines is 1. The normalized spacial score (nSPS) is 11.3. The fourth-order valence-corrected chi connectivity index (χ4v) is 2.15. The number of hydrogen-bond acceptors (Lipinski definition) is 3. The topological polar surface area (TPSA) is 65.5 Å². The van der Waals surface area contributed by atoms with Crippen molar-refractivity contribution < 1.29 is 4.74 Å². The van der Waals surface area contributed by atoms with Gasteiger partial charge in [-0.1, -0.05) is 12.1 Å². The van der Waals surface area contributed by atoms with Gasteiger partial charge in [0.2, 0.25) is 0 Å². The molecule has 0 aliphatic carbocycles. The summed E-state index contributed by atoms with van der Waals surface area (Å²) in [5.41, 5.74) is 2.23. The summed E-state index contributed by atoms with van der Waals surface area (Å²) in [6.07, 6.45) is 1.74. The summed E-state index contributed by atoms with van der Waals surface area (Å²) in [6, 6.07) is 10.1. The van der Waals surface area contributed by atoms with Crippen molar-refractivity contribution in [1.82, 2.24) is 20.4 Å². The van der Waals surface area contributed by atoms with E-state index in [1.165, 1.54) is 5.56 Å². The van der Waals surface area contributed by atoms with Crippen LogP contribution in [0.25, 0.3) is 0 Å². The first kappa shape index (κ1) is 15.9. The highest BCUT2D eigenvalue weighted by Crippen LogP contribution is 2.13. The van der Waals surface area contributed by atoms with Gasteiger partial charge in [-0.2, -0.15) is 5.10 Å². The van der Waals surface area contributed by atoms with Crippen LogP contribution in [0.2, 0.25) is 0 Å². The van der Waals surface area contributed by atoms with Crippen LogP contribution in [0.5, 0.6) is 5.75 Å². The van der Waals surface area contributed by atoms with Crippen LogP contribution in [-0.4, -0.2) is 41.8 Å². The van der Waals surface area contributed by atoms with Gasteiger partial charge in [-0.05, 0) is 30.7 Å². The molecule has 0 saturated heterocycles. The van der Waals surface area contributed by atoms with Crippen LogP contribution in [0.1, 0.15) is 18.2 Å². The second-order valence-corrected chi connectivity index (χ2v) is 4.92. The van der Waals surface area contributed by atoms with Gasteiger partial charge >= 0.3 is 0 Å². The molecule has 1 aromatic heterocycles. The lowest BCUT2D eigenvalue weighted by atomic mass is 10.2. The Morgan fingerprint density at radius 3 is 2.68 bits per heavy atom. The maximum Gasteiger partial charge on any atom is 0.194 e. The van der Waals surface area contributed by atoms with Crippen LogP contribution in [-0.2, 0) is 13.1 Å². The van der Waals surface area contributed by atoms with Crippen LogP contribution in [0.3, 0.4) is 0 Å². The molecule has 0 unspecified atom stereocenters. The smallest absolute Gasteiger partial charge is 0.194 e. The van der Waals surface area contributed by atoms with Crippen LogP contribution in [0, 0.1) is 0 Å². The molecule has 1 aromatic carbocycles. The first-order valence-electron chi connectivity index (χ1n) is 7.34. The van der Waals surface area contributed by atoms with E-state index < -0.39 is 0 Å². The molecule has 2 N–H and O–H groups in total. The molecule has 2 aromatic rings. The Balaban J connectivity index is 1.89. The molecule has 0 radical (unpaired) electrons. The van der Waals surface area contributed by atoms with Gasteiger partial charge in [-0.25, -0.2) is 0 Å². The van der Waals surface area contributed by atoms with Gasteiger partial charge in [0.25, 0.3) is 0 Å². The lowest BCUT2D eigenvalue weighted by Crippen LogP contribution is -2.38. The number of nitrogens with zero attached hydrogens (tertiary/aromatic N) is 3. The summed E-state index contributed by atoms with van der Waals surface area (Å²) in [5, 5.41) is 10.2. The average Bonchev–Trinajstić information content (AvgIpc) is 3.03. The van der Waals surface area contributed by atoms with Crippen molar-refractivity contribution >= 4 is 5.96 Å². The summed E-state index contributed by atoms with van der Waals surface area (Å²) in [4.78, 5) is 6.38. The van der Waals surface area contributed by atoms with E-state index in [0.29, 0.717) is 13.2 Å². The molecular formula is C16H23N5O. The van der Waals surface area contributed by atoms with Crippen molar-refractivity contribution in [3.05, 3.63) is 47.8 Å². The highest BCUT2D eigenvalue weighted by Gasteiger charge is 2.07. The van der Waals surface area contributed by atoms with Crippen molar-refractivity contribution in [2.24, 2.45) is 4.99 Å². The Labute approximate surface area is 131 Å². The van der Waals surface area contributed by atoms with Gasteiger partial charge in [0, 0.05) is 26.8 Å². The maximum absolute atomic E-state index is 5.46. The average molecular weight is 301 g/mol. The largest absolute Gasteiger partial charge is 0.494 e. The lowest BCUT2D eigenvalue weighted by Gasteiger charge is -2.22. The first-order valence-corrected chi connectivity index (χ1v) is 7.34. The quantitative estimate of drug-likeness (QED) is 0.633. The molecule has 0 amide bonds. The minimum absolute atomic E-state index is 0.667. The molecule has 0 spiro atoms. The second kappa shape index (κ2) is 8.07. The Bertz CT molecular complexity index is 577. The molecule has 22 heavy (non-hydrogen) atoms. The second-order valence-electron chi connectivity index (χ2n) is 4.92. The molecule has 0 atom stereocenters. The van der Waals surface area contributed by atoms with Crippen LogP contribution >= 0.6 is 0 Å². The van der Waals surface area contributed by atoms with Crippen LogP contribution < -0.4 is 10.1 Å². The molecule has 0 saturated carbocycles. The van der Waals surface area contributed by atoms with E-state index in [4.69, 9.17) is 4.74 Å². The third-order valence-electron chi connectivity index (χ3n) is 3.22. The van der Waals surface area contributed by atoms with Crippen LogP contribution in [0.15, 0.2) is 41.5 Å². The van der Waals surface area contributed by atoms with Gasteiger partial charge in [-0.15, -0.1) is 0 Å². The third-order valence-corrected chi connectivity index (χ3v) is 3.22. The zero-order valence-electron chi connectivity index (χ0n) is 13.3. The SMILES string of the molecule is CCOc1ccc(CN(C)C(=NC)NCc2ccn[nH]2)cc1. The first-order chi connectivity index (χ1) is 10.7. The molecule has 0 aliphatic heterocycles. The molecule has 1 heterocycles. The Kier molecular flexibility index (Phi) is 5.82. The fourth-order valence-electron chi connectivity index (χ4n) is 2.15. The number of rotatable bonds is 6. The monoisotopic (exact) mass is 301 g/mol. The predicted octanol–water partition coefficient (Wildman–Crippen LogP) is 2.02. The van der Waals surface area contributed by atoms with Crippen molar-refractivity contribution in [3.8, 4) is 5.75 Å². The molecule has 0 aliphatic rings. The molecule has 2 rings (SSSR count). The van der Waals surface area contributed by atoms with E-state index >= 15 is 0 Å². The predicted molar refractivity (Wildman–Crippen MR) is 87.9 cm³/mol. The Morgan fingerprint density at radius 1 is 1.32 bits per heavy atom. The number of ether oxygens (including phenoxy) is 1. The summed E-state index contributed by atoms with van der Waals surface area (Å²) in [7, 11) is 3.79. The molecule has 0 bridgehead atoms. The van der Waals surface area contributed by atoms with E-state index in [1.54, 1.807) is 13.2 Å². The molecule has 0 fully saturated rings. The fraction of sp³-hybridized carbons (Fsp3) is 0.375. The summed E-state index contributed by atoms with van der Waals surface area (Å²) in [5.74, 6) is 1.74. The highest BCUT2D eigenvalue weighted by molar-refractivity contribution is 5.79. The van der Waals surface area contributed by atoms with Crippen molar-refractivity contribution in [3.63, 3.8) is 0 Å². The molecule has 118 valence electrons. The van der Waals surface area contributed by atoms with Crippen LogP contribution in [0.4, 0.5) is 0 Å². The van der Waals surface area contributed by atoms with E-state index in [-0.39, 0.29) is 0 Å². The number of benzene rings is 1. The molecule has 6 heteroatoms. The number of H-pyrrole nitrogens is 1. The summed E-state index contributed by atoms with van der Waals surface area (Å²) >= 11 is 0. The van der Waals surface area contributed by atoms with E-state index in [0.717, 1.165) is 23.9 Å². The minimum Gasteiger partial charge on any atom is -0.494 e. The molecular weight excluding hydrogens is 278 g/mol. The minimum atomic E-state index is 0.667. The summed E-state index contributed by atoms with van der Waals surface area (Å²) < 4.78 is 5.46. The van der Waals surface area contributed by atoms with E-state index in [9.17, 15) is 0 Å². The standard InChI is InChI=1S/C16H23N5O/c1-4-22-15-7-5-13(6-8-15)12-21(3)16(17-2)18-11-14-9-10-19-20-14/h5-10H,4,11-12H2,1-3H3,(H,17,18)(H,19,20). The van der Waals surface area contributed by atoms with Crippen molar-refractivity contribution in [1.29, 1.82) is 0 Å². The highest BCUT2D eigenvalue weighted by atomic mass is 16.5. The summed E-state index contributed by atoms with van der Waals surface area (Å²) in [6.45, 7) is 4.11. The van der Waals surface area contributed by atoms with Gasteiger partial charge in [0.1, 0.15) is 5.75 Å². The van der Waals surface area contributed by atoms with Gasteiger partial charge in [0.15, 0.2) is 5.96 Å². The number of aromatic nitrogens is 2. The van der Waals surface area contributed by atoms with E-state index in [2.05, 4.69) is 37.5 Å². The van der Waals surface area contributed by atoms with Gasteiger partial charge in [-0.3, -0.25) is 10.1 Å². The zero-order valence-corrected chi connectivity index (χ0v) is 13.3. The number of aliphatic imine (C=N–C) groups is 1. The Morgan fingerprint density at radius 2 is 2.09 bits per heavy atom. The van der Waals surface area contributed by atoms with Gasteiger partial charge in [0.05, 0.1) is 18.8 Å². The lowest BCUT2D eigenvalue weighted by molar-refractivity contribution is 0.340.